The number of anilines is 1. The van der Waals surface area contributed by atoms with E-state index < -0.39 is 19.5 Å². The summed E-state index contributed by atoms with van der Waals surface area (Å²) in [6.45, 7) is 2.23. The number of fused-ring (bicyclic) bond motifs is 1. The van der Waals surface area contributed by atoms with Gasteiger partial charge in [0.15, 0.2) is 5.65 Å². The van der Waals surface area contributed by atoms with Gasteiger partial charge < -0.3 is 24.8 Å². The van der Waals surface area contributed by atoms with Crippen LogP contribution < -0.4 is 5.73 Å². The van der Waals surface area contributed by atoms with Gasteiger partial charge in [-0.05, 0) is 19.8 Å². The fourth-order valence-electron chi connectivity index (χ4n) is 2.24. The van der Waals surface area contributed by atoms with Crippen molar-refractivity contribution in [3.05, 3.63) is 12.0 Å². The Morgan fingerprint density at radius 1 is 1.48 bits per heavy atom. The van der Waals surface area contributed by atoms with E-state index in [0.29, 0.717) is 23.4 Å². The number of nitrogen functional groups attached to an aromatic ring is 1. The highest BCUT2D eigenvalue weighted by atomic mass is 31.2. The second-order valence-electron chi connectivity index (χ2n) is 5.33. The molecule has 0 radical (unpaired) electrons. The van der Waals surface area contributed by atoms with E-state index in [4.69, 9.17) is 20.3 Å². The first kappa shape index (κ1) is 14.4. The summed E-state index contributed by atoms with van der Waals surface area (Å²) in [6, 6.07) is 0. The molecule has 9 nitrogen and oxygen atoms in total. The molecule has 0 spiro atoms. The molecule has 0 atom stereocenters. The van der Waals surface area contributed by atoms with Crippen LogP contribution in [-0.4, -0.2) is 41.3 Å². The van der Waals surface area contributed by atoms with Crippen LogP contribution in [0.2, 0.25) is 0 Å². The maximum atomic E-state index is 10.9. The van der Waals surface area contributed by atoms with E-state index in [1.54, 1.807) is 17.8 Å². The molecule has 4 N–H and O–H groups in total. The summed E-state index contributed by atoms with van der Waals surface area (Å²) in [5.74, 6) is 0.169. The summed E-state index contributed by atoms with van der Waals surface area (Å²) < 4.78 is 18.1. The van der Waals surface area contributed by atoms with Crippen molar-refractivity contribution in [3.63, 3.8) is 0 Å². The first-order valence-electron chi connectivity index (χ1n) is 6.42. The number of nitrogens with zero attached hydrogens (tertiary/aromatic N) is 4. The van der Waals surface area contributed by atoms with E-state index in [1.807, 2.05) is 0 Å². The van der Waals surface area contributed by atoms with Crippen LogP contribution in [-0.2, 0) is 15.8 Å². The first-order chi connectivity index (χ1) is 9.78. The Morgan fingerprint density at radius 3 is 2.81 bits per heavy atom. The Hall–Kier alpha value is -1.54. The molecule has 2 aromatic heterocycles. The molecule has 0 aromatic carbocycles. The van der Waals surface area contributed by atoms with Gasteiger partial charge in [0.2, 0.25) is 5.95 Å². The molecule has 1 aliphatic rings. The molecule has 2 heterocycles. The zero-order chi connectivity index (χ0) is 15.3. The predicted molar refractivity (Wildman–Crippen MR) is 74.4 cm³/mol. The smallest absolute Gasteiger partial charge is 0.351 e. The number of ether oxygens (including phenoxy) is 1. The molecule has 0 unspecified atom stereocenters. The number of rotatable bonds is 5. The zero-order valence-corrected chi connectivity index (χ0v) is 12.3. The van der Waals surface area contributed by atoms with E-state index >= 15 is 0 Å². The Labute approximate surface area is 120 Å². The van der Waals surface area contributed by atoms with Crippen molar-refractivity contribution < 1.29 is 19.1 Å². The molecule has 3 rings (SSSR count). The summed E-state index contributed by atoms with van der Waals surface area (Å²) >= 11 is 0. The quantitative estimate of drug-likeness (QED) is 0.675. The van der Waals surface area contributed by atoms with Gasteiger partial charge in [0.25, 0.3) is 0 Å². The molecule has 1 fully saturated rings. The maximum Gasteiger partial charge on any atom is 0.351 e. The Kier molecular flexibility index (Phi) is 3.25. The molecule has 1 aliphatic carbocycles. The molecule has 1 saturated carbocycles. The van der Waals surface area contributed by atoms with Crippen molar-refractivity contribution in [2.45, 2.75) is 31.9 Å². The number of imidazole rings is 1. The summed E-state index contributed by atoms with van der Waals surface area (Å²) in [7, 11) is -4.17. The minimum Gasteiger partial charge on any atom is -0.368 e. The van der Waals surface area contributed by atoms with Crippen molar-refractivity contribution >= 4 is 24.7 Å². The van der Waals surface area contributed by atoms with Crippen molar-refractivity contribution in [1.29, 1.82) is 0 Å². The molecule has 0 amide bonds. The first-order valence-corrected chi connectivity index (χ1v) is 8.21. The van der Waals surface area contributed by atoms with E-state index in [2.05, 4.69) is 15.0 Å². The normalized spacial score (nSPS) is 17.3. The lowest BCUT2D eigenvalue weighted by Gasteiger charge is -2.17. The second-order valence-corrected chi connectivity index (χ2v) is 6.92. The van der Waals surface area contributed by atoms with Crippen LogP contribution in [0.15, 0.2) is 6.33 Å². The number of aryl methyl sites for hydroxylation is 1. The van der Waals surface area contributed by atoms with Gasteiger partial charge >= 0.3 is 7.60 Å². The fourth-order valence-corrected chi connectivity index (χ4v) is 2.68. The van der Waals surface area contributed by atoms with Crippen molar-refractivity contribution in [2.24, 2.45) is 0 Å². The third kappa shape index (κ3) is 3.06. The fraction of sp³-hybridized carbons (Fsp3) is 0.545. The predicted octanol–water partition coefficient (Wildman–Crippen LogP) is 0.401. The van der Waals surface area contributed by atoms with Gasteiger partial charge in [-0.15, -0.1) is 0 Å². The van der Waals surface area contributed by atoms with E-state index in [9.17, 15) is 4.57 Å². The van der Waals surface area contributed by atoms with E-state index in [0.717, 1.165) is 12.8 Å². The van der Waals surface area contributed by atoms with Crippen LogP contribution in [0.25, 0.3) is 11.2 Å². The van der Waals surface area contributed by atoms with Gasteiger partial charge in [-0.3, -0.25) is 4.57 Å². The van der Waals surface area contributed by atoms with Crippen molar-refractivity contribution in [3.8, 4) is 0 Å². The maximum absolute atomic E-state index is 10.9. The van der Waals surface area contributed by atoms with Crippen LogP contribution in [0, 0.1) is 6.92 Å². The summed E-state index contributed by atoms with van der Waals surface area (Å²) in [6.07, 6.45) is 2.53. The van der Waals surface area contributed by atoms with Gasteiger partial charge in [0, 0.05) is 0 Å². The molecule has 21 heavy (non-hydrogen) atoms. The number of nitrogens with two attached hydrogens (primary N) is 1. The highest BCUT2D eigenvalue weighted by molar-refractivity contribution is 7.51. The van der Waals surface area contributed by atoms with Crippen LogP contribution >= 0.6 is 7.60 Å². The molecular weight excluding hydrogens is 297 g/mol. The van der Waals surface area contributed by atoms with Gasteiger partial charge in [-0.25, -0.2) is 9.97 Å². The summed E-state index contributed by atoms with van der Waals surface area (Å²) in [5, 5.41) is 0. The molecule has 10 heteroatoms. The third-order valence-corrected chi connectivity index (χ3v) is 3.93. The minimum atomic E-state index is -4.17. The Morgan fingerprint density at radius 2 is 2.19 bits per heavy atom. The highest BCUT2D eigenvalue weighted by Gasteiger charge is 2.46. The lowest BCUT2D eigenvalue weighted by atomic mass is 10.3. The van der Waals surface area contributed by atoms with Gasteiger partial charge in [0.1, 0.15) is 11.9 Å². The van der Waals surface area contributed by atoms with Crippen molar-refractivity contribution in [1.82, 2.24) is 19.5 Å². The number of hydrogen-bond donors (Lipinski definition) is 3. The summed E-state index contributed by atoms with van der Waals surface area (Å²) in [5.41, 5.74) is 7.05. The van der Waals surface area contributed by atoms with Gasteiger partial charge in [0.05, 0.1) is 24.2 Å². The van der Waals surface area contributed by atoms with E-state index in [1.165, 1.54) is 0 Å². The average Bonchev–Trinajstić information content (AvgIpc) is 3.02. The molecule has 0 saturated heterocycles. The van der Waals surface area contributed by atoms with Gasteiger partial charge in [-0.2, -0.15) is 4.98 Å². The van der Waals surface area contributed by atoms with Crippen LogP contribution in [0.5, 0.6) is 0 Å². The van der Waals surface area contributed by atoms with Crippen LogP contribution in [0.1, 0.15) is 18.5 Å². The van der Waals surface area contributed by atoms with E-state index in [-0.39, 0.29) is 5.95 Å². The Balaban J connectivity index is 1.84. The number of aromatic nitrogens is 4. The SMILES string of the molecule is Cc1nc(N)nc2c1ncn2CC1(OCP(=O)(O)O)CC1. The monoisotopic (exact) mass is 313 g/mol. The lowest BCUT2D eigenvalue weighted by molar-refractivity contribution is 0.0417. The molecular formula is C11H16N5O4P. The Bertz CT molecular complexity index is 736. The van der Waals surface area contributed by atoms with Crippen LogP contribution in [0.3, 0.4) is 0 Å². The standard InChI is InChI=1S/C11H16N5O4P/c1-7-8-9(15-10(12)14-7)16(5-13-8)4-11(2-3-11)20-6-21(17,18)19/h5H,2-4,6H2,1H3,(H2,12,14,15)(H2,17,18,19). The molecule has 0 bridgehead atoms. The van der Waals surface area contributed by atoms with Gasteiger partial charge in [-0.1, -0.05) is 0 Å². The molecule has 0 aliphatic heterocycles. The minimum absolute atomic E-state index is 0.169. The largest absolute Gasteiger partial charge is 0.368 e. The zero-order valence-electron chi connectivity index (χ0n) is 11.4. The topological polar surface area (TPSA) is 136 Å². The number of hydrogen-bond acceptors (Lipinski definition) is 6. The molecule has 2 aromatic rings. The van der Waals surface area contributed by atoms with Crippen molar-refractivity contribution in [2.75, 3.05) is 12.1 Å². The lowest BCUT2D eigenvalue weighted by Crippen LogP contribution is -2.22. The second kappa shape index (κ2) is 4.74. The third-order valence-electron chi connectivity index (χ3n) is 3.46. The summed E-state index contributed by atoms with van der Waals surface area (Å²) in [4.78, 5) is 30.3. The van der Waals surface area contributed by atoms with Crippen LogP contribution in [0.4, 0.5) is 5.95 Å². The highest BCUT2D eigenvalue weighted by Crippen LogP contribution is 2.46. The average molecular weight is 313 g/mol. The molecule has 114 valence electrons.